The van der Waals surface area contributed by atoms with Gasteiger partial charge in [-0.1, -0.05) is 18.9 Å². The first-order valence-corrected chi connectivity index (χ1v) is 6.44. The van der Waals surface area contributed by atoms with Crippen molar-refractivity contribution in [3.63, 3.8) is 0 Å². The summed E-state index contributed by atoms with van der Waals surface area (Å²) in [5, 5.41) is 5.07. The third kappa shape index (κ3) is 3.53. The predicted octanol–water partition coefficient (Wildman–Crippen LogP) is 2.13. The van der Waals surface area contributed by atoms with Crippen molar-refractivity contribution in [3.8, 4) is 0 Å². The van der Waals surface area contributed by atoms with E-state index >= 15 is 0 Å². The number of rotatable bonds is 2. The lowest BCUT2D eigenvalue weighted by Crippen LogP contribution is -2.40. The Kier molecular flexibility index (Phi) is 4.14. The number of nitrogens with one attached hydrogen (secondary N) is 2. The summed E-state index contributed by atoms with van der Waals surface area (Å²) < 4.78 is 13.3. The maximum atomic E-state index is 13.3. The van der Waals surface area contributed by atoms with Gasteiger partial charge in [0.25, 0.3) is 0 Å². The first-order valence-electron chi connectivity index (χ1n) is 6.44. The number of amides is 2. The number of anilines is 1. The van der Waals surface area contributed by atoms with E-state index in [-0.39, 0.29) is 11.7 Å². The average Bonchev–Trinajstić information content (AvgIpc) is 2.86. The largest absolute Gasteiger partial charge is 0.345 e. The van der Waals surface area contributed by atoms with E-state index in [4.69, 9.17) is 0 Å². The molecule has 0 bridgehead atoms. The number of hydrogen-bond acceptors (Lipinski definition) is 2. The second-order valence-corrected chi connectivity index (χ2v) is 4.87. The molecule has 2 amide bonds. The van der Waals surface area contributed by atoms with Crippen LogP contribution in [0, 0.1) is 12.7 Å². The first kappa shape index (κ1) is 13.5. The molecule has 0 atom stereocenters. The fraction of sp³-hybridized carbons (Fsp3) is 0.429. The SMILES string of the molecule is Cc1ccc(NC(=O)C(=O)NC2CCCC2)cc1F. The molecule has 19 heavy (non-hydrogen) atoms. The topological polar surface area (TPSA) is 58.2 Å². The van der Waals surface area contributed by atoms with Crippen molar-refractivity contribution in [3.05, 3.63) is 29.6 Å². The maximum Gasteiger partial charge on any atom is 0.313 e. The van der Waals surface area contributed by atoms with Crippen LogP contribution in [0.2, 0.25) is 0 Å². The lowest BCUT2D eigenvalue weighted by atomic mass is 10.2. The van der Waals surface area contributed by atoms with Crippen LogP contribution in [-0.4, -0.2) is 17.9 Å². The summed E-state index contributed by atoms with van der Waals surface area (Å²) >= 11 is 0. The Morgan fingerprint density at radius 3 is 2.53 bits per heavy atom. The van der Waals surface area contributed by atoms with Gasteiger partial charge in [0.1, 0.15) is 5.82 Å². The van der Waals surface area contributed by atoms with Gasteiger partial charge < -0.3 is 10.6 Å². The normalized spacial score (nSPS) is 15.3. The predicted molar refractivity (Wildman–Crippen MR) is 70.2 cm³/mol. The highest BCUT2D eigenvalue weighted by atomic mass is 19.1. The minimum Gasteiger partial charge on any atom is -0.345 e. The standard InChI is InChI=1S/C14H17FN2O2/c1-9-6-7-11(8-12(9)15)17-14(19)13(18)16-10-4-2-3-5-10/h6-8,10H,2-5H2,1H3,(H,16,18)(H,17,19). The van der Waals surface area contributed by atoms with Crippen LogP contribution in [0.4, 0.5) is 10.1 Å². The molecule has 1 saturated carbocycles. The minimum atomic E-state index is -0.754. The van der Waals surface area contributed by atoms with Crippen LogP contribution < -0.4 is 10.6 Å². The van der Waals surface area contributed by atoms with Gasteiger partial charge in [-0.25, -0.2) is 4.39 Å². The van der Waals surface area contributed by atoms with E-state index in [9.17, 15) is 14.0 Å². The molecule has 1 aliphatic rings. The van der Waals surface area contributed by atoms with Crippen LogP contribution in [0.1, 0.15) is 31.2 Å². The van der Waals surface area contributed by atoms with Crippen LogP contribution >= 0.6 is 0 Å². The van der Waals surface area contributed by atoms with Gasteiger partial charge in [0.05, 0.1) is 0 Å². The molecule has 1 fully saturated rings. The van der Waals surface area contributed by atoms with Gasteiger partial charge in [0.2, 0.25) is 0 Å². The molecule has 1 aromatic rings. The van der Waals surface area contributed by atoms with E-state index in [1.165, 1.54) is 6.07 Å². The van der Waals surface area contributed by atoms with Gasteiger partial charge in [-0.2, -0.15) is 0 Å². The fourth-order valence-corrected chi connectivity index (χ4v) is 2.18. The number of halogens is 1. The molecule has 1 aromatic carbocycles. The third-order valence-electron chi connectivity index (χ3n) is 3.33. The van der Waals surface area contributed by atoms with E-state index in [2.05, 4.69) is 10.6 Å². The van der Waals surface area contributed by atoms with Gasteiger partial charge in [-0.15, -0.1) is 0 Å². The minimum absolute atomic E-state index is 0.0907. The smallest absolute Gasteiger partial charge is 0.313 e. The summed E-state index contributed by atoms with van der Waals surface area (Å²) in [6, 6.07) is 4.42. The second kappa shape index (κ2) is 5.82. The quantitative estimate of drug-likeness (QED) is 0.804. The Morgan fingerprint density at radius 1 is 1.21 bits per heavy atom. The molecule has 102 valence electrons. The molecule has 2 rings (SSSR count). The van der Waals surface area contributed by atoms with Crippen molar-refractivity contribution < 1.29 is 14.0 Å². The molecule has 0 saturated heterocycles. The molecule has 0 spiro atoms. The molecule has 0 aromatic heterocycles. The average molecular weight is 264 g/mol. The molecular formula is C14H17FN2O2. The maximum absolute atomic E-state index is 13.3. The summed E-state index contributed by atoms with van der Waals surface area (Å²) in [7, 11) is 0. The summed E-state index contributed by atoms with van der Waals surface area (Å²) in [5.41, 5.74) is 0.781. The van der Waals surface area contributed by atoms with Gasteiger partial charge in [0, 0.05) is 11.7 Å². The van der Waals surface area contributed by atoms with Crippen molar-refractivity contribution >= 4 is 17.5 Å². The van der Waals surface area contributed by atoms with Crippen molar-refractivity contribution in [1.82, 2.24) is 5.32 Å². The zero-order valence-electron chi connectivity index (χ0n) is 10.8. The lowest BCUT2D eigenvalue weighted by Gasteiger charge is -2.11. The Bertz CT molecular complexity index is 496. The lowest BCUT2D eigenvalue weighted by molar-refractivity contribution is -0.136. The molecule has 5 heteroatoms. The van der Waals surface area contributed by atoms with Crippen molar-refractivity contribution in [2.24, 2.45) is 0 Å². The number of aryl methyl sites for hydroxylation is 1. The molecular weight excluding hydrogens is 247 g/mol. The van der Waals surface area contributed by atoms with Gasteiger partial charge in [-0.05, 0) is 37.5 Å². The monoisotopic (exact) mass is 264 g/mol. The molecule has 0 unspecified atom stereocenters. The zero-order valence-corrected chi connectivity index (χ0v) is 10.8. The number of hydrogen-bond donors (Lipinski definition) is 2. The zero-order chi connectivity index (χ0) is 13.8. The van der Waals surface area contributed by atoms with Crippen LogP contribution in [0.3, 0.4) is 0 Å². The van der Waals surface area contributed by atoms with Crippen LogP contribution in [0.25, 0.3) is 0 Å². The first-order chi connectivity index (χ1) is 9.06. The molecule has 0 aliphatic heterocycles. The summed E-state index contributed by atoms with van der Waals surface area (Å²) in [6.07, 6.45) is 3.99. The summed E-state index contributed by atoms with van der Waals surface area (Å²) in [5.74, 6) is -1.82. The Morgan fingerprint density at radius 2 is 1.89 bits per heavy atom. The molecule has 4 nitrogen and oxygen atoms in total. The number of benzene rings is 1. The Hall–Kier alpha value is -1.91. The van der Waals surface area contributed by atoms with Crippen LogP contribution in [0.15, 0.2) is 18.2 Å². The van der Waals surface area contributed by atoms with E-state index in [0.717, 1.165) is 25.7 Å². The van der Waals surface area contributed by atoms with Crippen molar-refractivity contribution in [1.29, 1.82) is 0 Å². The number of carbonyl (C=O) groups excluding carboxylic acids is 2. The highest BCUT2D eigenvalue weighted by molar-refractivity contribution is 6.39. The van der Waals surface area contributed by atoms with Crippen molar-refractivity contribution in [2.45, 2.75) is 38.6 Å². The summed E-state index contributed by atoms with van der Waals surface area (Å²) in [4.78, 5) is 23.3. The van der Waals surface area contributed by atoms with E-state index in [0.29, 0.717) is 5.56 Å². The highest BCUT2D eigenvalue weighted by Gasteiger charge is 2.21. The Balaban J connectivity index is 1.92. The van der Waals surface area contributed by atoms with Crippen LogP contribution in [0.5, 0.6) is 0 Å². The molecule has 2 N–H and O–H groups in total. The Labute approximate surface area is 111 Å². The van der Waals surface area contributed by atoms with Gasteiger partial charge in [-0.3, -0.25) is 9.59 Å². The third-order valence-corrected chi connectivity index (χ3v) is 3.33. The molecule has 1 aliphatic carbocycles. The van der Waals surface area contributed by atoms with Crippen LogP contribution in [-0.2, 0) is 9.59 Å². The van der Waals surface area contributed by atoms with E-state index < -0.39 is 17.6 Å². The summed E-state index contributed by atoms with van der Waals surface area (Å²) in [6.45, 7) is 1.63. The highest BCUT2D eigenvalue weighted by Crippen LogP contribution is 2.17. The molecule has 0 heterocycles. The van der Waals surface area contributed by atoms with Gasteiger partial charge >= 0.3 is 11.8 Å². The van der Waals surface area contributed by atoms with Crippen molar-refractivity contribution in [2.75, 3.05) is 5.32 Å². The second-order valence-electron chi connectivity index (χ2n) is 4.87. The fourth-order valence-electron chi connectivity index (χ4n) is 2.18. The molecule has 0 radical (unpaired) electrons. The van der Waals surface area contributed by atoms with E-state index in [1.807, 2.05) is 0 Å². The van der Waals surface area contributed by atoms with E-state index in [1.54, 1.807) is 19.1 Å². The number of carbonyl (C=O) groups is 2. The van der Waals surface area contributed by atoms with Gasteiger partial charge in [0.15, 0.2) is 0 Å².